The van der Waals surface area contributed by atoms with Gasteiger partial charge in [0.1, 0.15) is 5.82 Å². The Hall–Kier alpha value is -1.59. The highest BCUT2D eigenvalue weighted by Gasteiger charge is 2.17. The van der Waals surface area contributed by atoms with Gasteiger partial charge in [-0.25, -0.2) is 4.39 Å². The van der Waals surface area contributed by atoms with Crippen LogP contribution in [-0.2, 0) is 0 Å². The molecular weight excluding hydrogens is 347 g/mol. The molecular formula is C14H11BrClFN2O. The van der Waals surface area contributed by atoms with Crippen LogP contribution in [0.5, 0.6) is 0 Å². The Morgan fingerprint density at radius 3 is 2.60 bits per heavy atom. The zero-order chi connectivity index (χ0) is 14.9. The summed E-state index contributed by atoms with van der Waals surface area (Å²) in [5.74, 6) is -0.996. The Labute approximate surface area is 129 Å². The molecule has 0 saturated carbocycles. The molecule has 0 unspecified atom stereocenters. The smallest absolute Gasteiger partial charge is 0.258 e. The third kappa shape index (κ3) is 2.94. The second-order valence-corrected chi connectivity index (χ2v) is 5.52. The molecule has 0 aliphatic carbocycles. The molecule has 0 radical (unpaired) electrons. The van der Waals surface area contributed by atoms with Crippen molar-refractivity contribution in [1.82, 2.24) is 0 Å². The lowest BCUT2D eigenvalue weighted by molar-refractivity contribution is 0.0992. The molecule has 0 bridgehead atoms. The second-order valence-electron chi connectivity index (χ2n) is 4.20. The number of nitrogen functional groups attached to an aromatic ring is 1. The minimum Gasteiger partial charge on any atom is -0.397 e. The molecule has 0 fully saturated rings. The van der Waals surface area contributed by atoms with E-state index in [1.165, 1.54) is 17.0 Å². The standard InChI is InChI=1S/C14H11BrClFN2O/c1-19(13-5-3-9(15)7-12(13)18)14(20)8-2-4-10(16)11(17)6-8/h2-7H,18H2,1H3. The van der Waals surface area contributed by atoms with Gasteiger partial charge in [-0.15, -0.1) is 0 Å². The van der Waals surface area contributed by atoms with Crippen molar-refractivity contribution < 1.29 is 9.18 Å². The van der Waals surface area contributed by atoms with Crippen molar-refractivity contribution in [2.24, 2.45) is 0 Å². The minimum absolute atomic E-state index is 0.0210. The number of rotatable bonds is 2. The molecule has 0 spiro atoms. The molecule has 1 amide bonds. The van der Waals surface area contributed by atoms with E-state index in [0.717, 1.165) is 10.5 Å². The number of halogens is 3. The summed E-state index contributed by atoms with van der Waals surface area (Å²) in [5, 5.41) is -0.0210. The Morgan fingerprint density at radius 2 is 2.00 bits per heavy atom. The molecule has 6 heteroatoms. The summed E-state index contributed by atoms with van der Waals surface area (Å²) >= 11 is 8.90. The lowest BCUT2D eigenvalue weighted by Gasteiger charge is -2.19. The van der Waals surface area contributed by atoms with Gasteiger partial charge in [0.15, 0.2) is 0 Å². The molecule has 2 aromatic carbocycles. The zero-order valence-corrected chi connectivity index (χ0v) is 12.9. The maximum absolute atomic E-state index is 13.4. The van der Waals surface area contributed by atoms with Crippen molar-refractivity contribution in [2.75, 3.05) is 17.7 Å². The van der Waals surface area contributed by atoms with Gasteiger partial charge in [0.2, 0.25) is 0 Å². The van der Waals surface area contributed by atoms with Gasteiger partial charge in [-0.05, 0) is 36.4 Å². The van der Waals surface area contributed by atoms with Crippen LogP contribution in [0.4, 0.5) is 15.8 Å². The van der Waals surface area contributed by atoms with Crippen LogP contribution in [0.15, 0.2) is 40.9 Å². The first-order valence-corrected chi connectivity index (χ1v) is 6.85. The van der Waals surface area contributed by atoms with Gasteiger partial charge < -0.3 is 10.6 Å². The second kappa shape index (κ2) is 5.81. The molecule has 0 aliphatic rings. The highest BCUT2D eigenvalue weighted by Crippen LogP contribution is 2.27. The molecule has 2 aromatic rings. The lowest BCUT2D eigenvalue weighted by atomic mass is 10.1. The molecule has 104 valence electrons. The maximum atomic E-state index is 13.4. The minimum atomic E-state index is -0.630. The van der Waals surface area contributed by atoms with Gasteiger partial charge in [-0.3, -0.25) is 4.79 Å². The van der Waals surface area contributed by atoms with Crippen LogP contribution in [0.25, 0.3) is 0 Å². The summed E-state index contributed by atoms with van der Waals surface area (Å²) in [5.41, 5.74) is 7.08. The predicted octanol–water partition coefficient (Wildman–Crippen LogP) is 4.10. The Kier molecular flexibility index (Phi) is 4.30. The Bertz CT molecular complexity index is 678. The van der Waals surface area contributed by atoms with Gasteiger partial charge in [-0.1, -0.05) is 27.5 Å². The molecule has 0 saturated heterocycles. The van der Waals surface area contributed by atoms with Gasteiger partial charge in [-0.2, -0.15) is 0 Å². The number of amides is 1. The normalized spacial score (nSPS) is 10.4. The number of benzene rings is 2. The number of carbonyl (C=O) groups is 1. The predicted molar refractivity (Wildman–Crippen MR) is 82.7 cm³/mol. The maximum Gasteiger partial charge on any atom is 0.258 e. The Balaban J connectivity index is 2.34. The molecule has 2 rings (SSSR count). The summed E-state index contributed by atoms with van der Waals surface area (Å²) in [6.45, 7) is 0. The SMILES string of the molecule is CN(C(=O)c1ccc(Cl)c(F)c1)c1ccc(Br)cc1N. The molecule has 0 heterocycles. The molecule has 0 atom stereocenters. The van der Waals surface area contributed by atoms with E-state index in [1.807, 2.05) is 0 Å². The fourth-order valence-electron chi connectivity index (χ4n) is 1.76. The fourth-order valence-corrected chi connectivity index (χ4v) is 2.26. The highest BCUT2D eigenvalue weighted by atomic mass is 79.9. The highest BCUT2D eigenvalue weighted by molar-refractivity contribution is 9.10. The first-order valence-electron chi connectivity index (χ1n) is 5.68. The molecule has 0 aromatic heterocycles. The average Bonchev–Trinajstić information content (AvgIpc) is 2.40. The van der Waals surface area contributed by atoms with Crippen molar-refractivity contribution >= 4 is 44.8 Å². The quantitative estimate of drug-likeness (QED) is 0.823. The van der Waals surface area contributed by atoms with E-state index in [0.29, 0.717) is 11.4 Å². The van der Waals surface area contributed by atoms with Crippen molar-refractivity contribution in [3.8, 4) is 0 Å². The van der Waals surface area contributed by atoms with E-state index in [1.54, 1.807) is 25.2 Å². The number of nitrogens with two attached hydrogens (primary N) is 1. The number of carbonyl (C=O) groups excluding carboxylic acids is 1. The fraction of sp³-hybridized carbons (Fsp3) is 0.0714. The molecule has 20 heavy (non-hydrogen) atoms. The van der Waals surface area contributed by atoms with Crippen LogP contribution in [0.3, 0.4) is 0 Å². The zero-order valence-electron chi connectivity index (χ0n) is 10.5. The third-order valence-corrected chi connectivity index (χ3v) is 3.62. The number of hydrogen-bond acceptors (Lipinski definition) is 2. The topological polar surface area (TPSA) is 46.3 Å². The monoisotopic (exact) mass is 356 g/mol. The Morgan fingerprint density at radius 1 is 1.30 bits per heavy atom. The van der Waals surface area contributed by atoms with Crippen molar-refractivity contribution in [2.45, 2.75) is 0 Å². The average molecular weight is 358 g/mol. The molecule has 2 N–H and O–H groups in total. The summed E-state index contributed by atoms with van der Waals surface area (Å²) in [6, 6.07) is 9.11. The van der Waals surface area contributed by atoms with Crippen molar-refractivity contribution in [1.29, 1.82) is 0 Å². The molecule has 3 nitrogen and oxygen atoms in total. The van der Waals surface area contributed by atoms with Crippen LogP contribution in [0.2, 0.25) is 5.02 Å². The van der Waals surface area contributed by atoms with Crippen molar-refractivity contribution in [3.05, 3.63) is 57.3 Å². The largest absolute Gasteiger partial charge is 0.397 e. The van der Waals surface area contributed by atoms with Gasteiger partial charge in [0.05, 0.1) is 16.4 Å². The van der Waals surface area contributed by atoms with Crippen LogP contribution in [0, 0.1) is 5.82 Å². The first kappa shape index (κ1) is 14.8. The summed E-state index contributed by atoms with van der Waals surface area (Å²) in [7, 11) is 1.58. The lowest BCUT2D eigenvalue weighted by Crippen LogP contribution is -2.27. The van der Waals surface area contributed by atoms with E-state index in [9.17, 15) is 9.18 Å². The summed E-state index contributed by atoms with van der Waals surface area (Å²) < 4.78 is 14.2. The van der Waals surface area contributed by atoms with Crippen LogP contribution < -0.4 is 10.6 Å². The number of nitrogens with zero attached hydrogens (tertiary/aromatic N) is 1. The number of hydrogen-bond donors (Lipinski definition) is 1. The van der Waals surface area contributed by atoms with E-state index >= 15 is 0 Å². The van der Waals surface area contributed by atoms with Crippen LogP contribution in [-0.4, -0.2) is 13.0 Å². The van der Waals surface area contributed by atoms with E-state index in [-0.39, 0.29) is 16.5 Å². The van der Waals surface area contributed by atoms with Gasteiger partial charge in [0.25, 0.3) is 5.91 Å². The first-order chi connectivity index (χ1) is 9.40. The van der Waals surface area contributed by atoms with E-state index < -0.39 is 5.82 Å². The van der Waals surface area contributed by atoms with Crippen LogP contribution in [0.1, 0.15) is 10.4 Å². The van der Waals surface area contributed by atoms with Crippen molar-refractivity contribution in [3.63, 3.8) is 0 Å². The van der Waals surface area contributed by atoms with E-state index in [2.05, 4.69) is 15.9 Å². The summed E-state index contributed by atoms with van der Waals surface area (Å²) in [4.78, 5) is 13.7. The van der Waals surface area contributed by atoms with Gasteiger partial charge >= 0.3 is 0 Å². The molecule has 0 aliphatic heterocycles. The van der Waals surface area contributed by atoms with Gasteiger partial charge in [0, 0.05) is 17.1 Å². The third-order valence-electron chi connectivity index (χ3n) is 2.82. The number of anilines is 2. The van der Waals surface area contributed by atoms with E-state index in [4.69, 9.17) is 17.3 Å². The summed E-state index contributed by atoms with van der Waals surface area (Å²) in [6.07, 6.45) is 0. The van der Waals surface area contributed by atoms with Crippen LogP contribution >= 0.6 is 27.5 Å².